The van der Waals surface area contributed by atoms with E-state index in [0.717, 1.165) is 44.9 Å². The van der Waals surface area contributed by atoms with Crippen LogP contribution in [0, 0.1) is 0 Å². The summed E-state index contributed by atoms with van der Waals surface area (Å²) in [6.07, 6.45) is 11.2. The minimum Gasteiger partial charge on any atom is -0.481 e. The Hall–Kier alpha value is -1.06. The maximum Gasteiger partial charge on any atom is 0.305 e. The Kier molecular flexibility index (Phi) is 7.76. The molecule has 0 radical (unpaired) electrons. The van der Waals surface area contributed by atoms with Crippen LogP contribution in [0.2, 0.25) is 0 Å². The molecule has 1 aliphatic rings. The van der Waals surface area contributed by atoms with Crippen molar-refractivity contribution in [3.63, 3.8) is 0 Å². The van der Waals surface area contributed by atoms with Gasteiger partial charge in [0.05, 0.1) is 12.0 Å². The van der Waals surface area contributed by atoms with Crippen LogP contribution in [-0.4, -0.2) is 34.5 Å². The van der Waals surface area contributed by atoms with Gasteiger partial charge in [-0.1, -0.05) is 51.9 Å². The summed E-state index contributed by atoms with van der Waals surface area (Å²) >= 11 is 0. The second kappa shape index (κ2) is 9.06. The molecule has 21 heavy (non-hydrogen) atoms. The molecule has 122 valence electrons. The first-order chi connectivity index (χ1) is 10.0. The number of carboxylic acids is 1. The molecule has 1 N–H and O–H groups in total. The normalized spacial score (nSPS) is 17.4. The second-order valence-electron chi connectivity index (χ2n) is 6.47. The maximum absolute atomic E-state index is 12.4. The van der Waals surface area contributed by atoms with Crippen molar-refractivity contribution >= 4 is 11.9 Å². The lowest BCUT2D eigenvalue weighted by Crippen LogP contribution is -2.52. The number of nitrogens with zero attached hydrogens (tertiary/aromatic N) is 1. The zero-order valence-corrected chi connectivity index (χ0v) is 13.7. The Bertz CT molecular complexity index is 335. The summed E-state index contributed by atoms with van der Waals surface area (Å²) in [5.41, 5.74) is -0.440. The van der Waals surface area contributed by atoms with E-state index in [-0.39, 0.29) is 12.3 Å². The zero-order chi connectivity index (χ0) is 15.7. The van der Waals surface area contributed by atoms with E-state index in [9.17, 15) is 14.7 Å². The van der Waals surface area contributed by atoms with E-state index in [0.29, 0.717) is 6.42 Å². The van der Waals surface area contributed by atoms with Crippen LogP contribution in [0.3, 0.4) is 0 Å². The molecule has 0 atom stereocenters. The standard InChI is InChI=1S/C17H31NO3/c1-3-4-5-6-8-11-15(19)18(2)17(14-16(20)21)12-9-7-10-13-17/h3-14H2,1-2H3,(H,20,21). The number of carbonyl (C=O) groups excluding carboxylic acids is 1. The summed E-state index contributed by atoms with van der Waals surface area (Å²) in [4.78, 5) is 25.4. The predicted octanol–water partition coefficient (Wildman–Crippen LogP) is 3.98. The van der Waals surface area contributed by atoms with Gasteiger partial charge in [-0.3, -0.25) is 9.59 Å². The van der Waals surface area contributed by atoms with Gasteiger partial charge in [0.2, 0.25) is 5.91 Å². The van der Waals surface area contributed by atoms with E-state index in [1.807, 2.05) is 7.05 Å². The van der Waals surface area contributed by atoms with Crippen molar-refractivity contribution < 1.29 is 14.7 Å². The van der Waals surface area contributed by atoms with E-state index < -0.39 is 11.5 Å². The molecular formula is C17H31NO3. The minimum atomic E-state index is -0.792. The summed E-state index contributed by atoms with van der Waals surface area (Å²) in [7, 11) is 1.81. The SMILES string of the molecule is CCCCCCCC(=O)N(C)C1(CC(=O)O)CCCCC1. The fraction of sp³-hybridized carbons (Fsp3) is 0.882. The summed E-state index contributed by atoms with van der Waals surface area (Å²) in [6, 6.07) is 0. The first-order valence-corrected chi connectivity index (χ1v) is 8.50. The Morgan fingerprint density at radius 2 is 1.67 bits per heavy atom. The first-order valence-electron chi connectivity index (χ1n) is 8.50. The van der Waals surface area contributed by atoms with Gasteiger partial charge in [0.25, 0.3) is 0 Å². The number of amides is 1. The highest BCUT2D eigenvalue weighted by atomic mass is 16.4. The lowest BCUT2D eigenvalue weighted by molar-refractivity contribution is -0.146. The molecule has 1 fully saturated rings. The highest BCUT2D eigenvalue weighted by Gasteiger charge is 2.40. The Morgan fingerprint density at radius 1 is 1.05 bits per heavy atom. The largest absolute Gasteiger partial charge is 0.481 e. The maximum atomic E-state index is 12.4. The van der Waals surface area contributed by atoms with Gasteiger partial charge in [-0.25, -0.2) is 0 Å². The minimum absolute atomic E-state index is 0.0884. The van der Waals surface area contributed by atoms with Crippen molar-refractivity contribution in [3.8, 4) is 0 Å². The fourth-order valence-electron chi connectivity index (χ4n) is 3.43. The molecule has 1 aliphatic carbocycles. The third-order valence-corrected chi connectivity index (χ3v) is 4.84. The molecule has 0 aromatic rings. The topological polar surface area (TPSA) is 57.6 Å². The van der Waals surface area contributed by atoms with Crippen molar-refractivity contribution in [3.05, 3.63) is 0 Å². The molecule has 0 heterocycles. The van der Waals surface area contributed by atoms with Crippen LogP contribution in [0.4, 0.5) is 0 Å². The first kappa shape index (κ1) is 18.0. The highest BCUT2D eigenvalue weighted by Crippen LogP contribution is 2.36. The molecule has 0 aromatic carbocycles. The lowest BCUT2D eigenvalue weighted by atomic mass is 9.78. The molecule has 0 aromatic heterocycles. The number of hydrogen-bond donors (Lipinski definition) is 1. The number of carboxylic acid groups (broad SMARTS) is 1. The quantitative estimate of drug-likeness (QED) is 0.655. The van der Waals surface area contributed by atoms with Crippen LogP contribution in [0.25, 0.3) is 0 Å². The van der Waals surface area contributed by atoms with Crippen molar-refractivity contribution in [1.29, 1.82) is 0 Å². The number of unbranched alkanes of at least 4 members (excludes halogenated alkanes) is 4. The average molecular weight is 297 g/mol. The van der Waals surface area contributed by atoms with Crippen LogP contribution in [0.1, 0.15) is 84.0 Å². The molecule has 0 aliphatic heterocycles. The molecule has 1 amide bonds. The molecular weight excluding hydrogens is 266 g/mol. The molecule has 0 unspecified atom stereocenters. The van der Waals surface area contributed by atoms with Gasteiger partial charge in [0, 0.05) is 13.5 Å². The monoisotopic (exact) mass is 297 g/mol. The second-order valence-corrected chi connectivity index (χ2v) is 6.47. The summed E-state index contributed by atoms with van der Waals surface area (Å²) in [6.45, 7) is 2.18. The van der Waals surface area contributed by atoms with E-state index in [2.05, 4.69) is 6.92 Å². The van der Waals surface area contributed by atoms with Gasteiger partial charge in [-0.05, 0) is 19.3 Å². The highest BCUT2D eigenvalue weighted by molar-refractivity contribution is 5.78. The van der Waals surface area contributed by atoms with Crippen LogP contribution in [0.5, 0.6) is 0 Å². The third kappa shape index (κ3) is 5.68. The molecule has 1 rings (SSSR count). The summed E-state index contributed by atoms with van der Waals surface area (Å²) in [5.74, 6) is -0.672. The van der Waals surface area contributed by atoms with E-state index in [4.69, 9.17) is 0 Å². The number of carbonyl (C=O) groups is 2. The van der Waals surface area contributed by atoms with Crippen molar-refractivity contribution in [1.82, 2.24) is 4.90 Å². The van der Waals surface area contributed by atoms with E-state index in [1.165, 1.54) is 19.3 Å². The Balaban J connectivity index is 2.52. The van der Waals surface area contributed by atoms with Gasteiger partial charge in [0.1, 0.15) is 0 Å². The number of rotatable bonds is 9. The molecule has 4 nitrogen and oxygen atoms in total. The molecule has 4 heteroatoms. The summed E-state index contributed by atoms with van der Waals surface area (Å²) < 4.78 is 0. The average Bonchev–Trinajstić information content (AvgIpc) is 2.46. The van der Waals surface area contributed by atoms with Crippen molar-refractivity contribution in [2.75, 3.05) is 7.05 Å². The third-order valence-electron chi connectivity index (χ3n) is 4.84. The number of aliphatic carboxylic acids is 1. The van der Waals surface area contributed by atoms with Crippen LogP contribution >= 0.6 is 0 Å². The van der Waals surface area contributed by atoms with Gasteiger partial charge in [-0.15, -0.1) is 0 Å². The van der Waals surface area contributed by atoms with Crippen LogP contribution in [-0.2, 0) is 9.59 Å². The fourth-order valence-corrected chi connectivity index (χ4v) is 3.43. The van der Waals surface area contributed by atoms with E-state index in [1.54, 1.807) is 4.90 Å². The Morgan fingerprint density at radius 3 is 2.24 bits per heavy atom. The van der Waals surface area contributed by atoms with E-state index >= 15 is 0 Å². The summed E-state index contributed by atoms with van der Waals surface area (Å²) in [5, 5.41) is 9.20. The molecule has 0 saturated heterocycles. The van der Waals surface area contributed by atoms with Gasteiger partial charge in [-0.2, -0.15) is 0 Å². The predicted molar refractivity (Wildman–Crippen MR) is 84.2 cm³/mol. The lowest BCUT2D eigenvalue weighted by Gasteiger charge is -2.44. The molecule has 1 saturated carbocycles. The smallest absolute Gasteiger partial charge is 0.305 e. The molecule has 0 spiro atoms. The van der Waals surface area contributed by atoms with Gasteiger partial charge < -0.3 is 10.0 Å². The van der Waals surface area contributed by atoms with Crippen molar-refractivity contribution in [2.24, 2.45) is 0 Å². The molecule has 0 bridgehead atoms. The number of hydrogen-bond acceptors (Lipinski definition) is 2. The van der Waals surface area contributed by atoms with Crippen molar-refractivity contribution in [2.45, 2.75) is 89.5 Å². The zero-order valence-electron chi connectivity index (χ0n) is 13.7. The van der Waals surface area contributed by atoms with Crippen LogP contribution in [0.15, 0.2) is 0 Å². The van der Waals surface area contributed by atoms with Gasteiger partial charge >= 0.3 is 5.97 Å². The van der Waals surface area contributed by atoms with Crippen LogP contribution < -0.4 is 0 Å². The van der Waals surface area contributed by atoms with Gasteiger partial charge in [0.15, 0.2) is 0 Å². The Labute approximate surface area is 128 Å².